The molecule has 2 rings (SSSR count). The number of halogens is 5. The van der Waals surface area contributed by atoms with Gasteiger partial charge in [0.1, 0.15) is 0 Å². The van der Waals surface area contributed by atoms with E-state index in [0.717, 1.165) is 0 Å². The molecule has 118 valence electrons. The van der Waals surface area contributed by atoms with E-state index in [1.165, 1.54) is 6.08 Å². The molecule has 21 heavy (non-hydrogen) atoms. The average molecular weight is 325 g/mol. The lowest BCUT2D eigenvalue weighted by atomic mass is 9.99. The maximum atomic E-state index is 13.9. The van der Waals surface area contributed by atoms with Crippen molar-refractivity contribution in [1.82, 2.24) is 10.2 Å². The van der Waals surface area contributed by atoms with Crippen molar-refractivity contribution in [3.63, 3.8) is 0 Å². The lowest BCUT2D eigenvalue weighted by Crippen LogP contribution is -2.45. The van der Waals surface area contributed by atoms with Gasteiger partial charge in [-0.3, -0.25) is 4.90 Å². The van der Waals surface area contributed by atoms with Gasteiger partial charge in [-0.05, 0) is 6.42 Å². The van der Waals surface area contributed by atoms with Crippen LogP contribution in [0.5, 0.6) is 0 Å². The summed E-state index contributed by atoms with van der Waals surface area (Å²) in [4.78, 5) is 1.80. The minimum atomic E-state index is -1.37. The molecule has 0 radical (unpaired) electrons. The Morgan fingerprint density at radius 1 is 1.14 bits per heavy atom. The molecule has 0 aromatic heterocycles. The Labute approximate surface area is 127 Å². The number of nitrogens with zero attached hydrogens (tertiary/aromatic N) is 1. The molecule has 1 aliphatic rings. The molecule has 1 fully saturated rings. The van der Waals surface area contributed by atoms with Crippen LogP contribution in [-0.2, 0) is 0 Å². The van der Waals surface area contributed by atoms with Crippen LogP contribution in [0.2, 0.25) is 0 Å². The third-order valence-corrected chi connectivity index (χ3v) is 3.46. The third kappa shape index (κ3) is 3.75. The van der Waals surface area contributed by atoms with Gasteiger partial charge in [-0.1, -0.05) is 6.08 Å². The van der Waals surface area contributed by atoms with Crippen molar-refractivity contribution in [2.24, 2.45) is 0 Å². The number of hydrogen-bond acceptors (Lipinski definition) is 2. The highest BCUT2D eigenvalue weighted by Gasteiger charge is 2.30. The van der Waals surface area contributed by atoms with Crippen molar-refractivity contribution in [3.8, 4) is 0 Å². The molecule has 0 amide bonds. The summed E-state index contributed by atoms with van der Waals surface area (Å²) >= 11 is 0. The van der Waals surface area contributed by atoms with Gasteiger partial charge in [-0.15, -0.1) is 19.0 Å². The summed E-state index contributed by atoms with van der Waals surface area (Å²) in [6, 6.07) is -0.517. The van der Waals surface area contributed by atoms with Crippen LogP contribution >= 0.6 is 12.4 Å². The van der Waals surface area contributed by atoms with Crippen molar-refractivity contribution in [1.29, 1.82) is 0 Å². The number of piperazine rings is 1. The third-order valence-electron chi connectivity index (χ3n) is 3.46. The van der Waals surface area contributed by atoms with E-state index in [9.17, 15) is 17.6 Å². The normalized spacial score (nSPS) is 17.1. The fourth-order valence-corrected chi connectivity index (χ4v) is 2.49. The van der Waals surface area contributed by atoms with Crippen molar-refractivity contribution in [3.05, 3.63) is 47.6 Å². The van der Waals surface area contributed by atoms with Crippen LogP contribution in [0.3, 0.4) is 0 Å². The molecule has 1 saturated heterocycles. The number of benzene rings is 1. The minimum Gasteiger partial charge on any atom is -0.314 e. The molecule has 7 heteroatoms. The van der Waals surface area contributed by atoms with Crippen molar-refractivity contribution in [2.75, 3.05) is 26.2 Å². The Kier molecular flexibility index (Phi) is 6.64. The molecule has 0 unspecified atom stereocenters. The molecule has 2 nitrogen and oxygen atoms in total. The van der Waals surface area contributed by atoms with Gasteiger partial charge in [0.05, 0.1) is 0 Å². The van der Waals surface area contributed by atoms with Gasteiger partial charge in [0.2, 0.25) is 0 Å². The van der Waals surface area contributed by atoms with Crippen molar-refractivity contribution in [2.45, 2.75) is 12.5 Å². The predicted octanol–water partition coefficient (Wildman–Crippen LogP) is 3.19. The van der Waals surface area contributed by atoms with Gasteiger partial charge >= 0.3 is 0 Å². The molecule has 0 saturated carbocycles. The number of nitrogens with one attached hydrogen (secondary N) is 1. The molecule has 1 N–H and O–H groups in total. The quantitative estimate of drug-likeness (QED) is 0.520. The summed E-state index contributed by atoms with van der Waals surface area (Å²) < 4.78 is 54.5. The summed E-state index contributed by atoms with van der Waals surface area (Å²) in [5.41, 5.74) is -0.552. The Hall–Kier alpha value is -1.11. The van der Waals surface area contributed by atoms with Gasteiger partial charge in [0.15, 0.2) is 23.3 Å². The fourth-order valence-electron chi connectivity index (χ4n) is 2.49. The van der Waals surface area contributed by atoms with Crippen LogP contribution in [0.1, 0.15) is 18.0 Å². The summed E-state index contributed by atoms with van der Waals surface area (Å²) in [6.45, 7) is 5.98. The van der Waals surface area contributed by atoms with Crippen LogP contribution in [0, 0.1) is 23.3 Å². The summed E-state index contributed by atoms with van der Waals surface area (Å²) in [5, 5.41) is 3.11. The highest BCUT2D eigenvalue weighted by molar-refractivity contribution is 5.85. The SMILES string of the molecule is C=CC[C@H](c1c(F)c(F)cc(F)c1F)N1CCNCC1.Cl. The monoisotopic (exact) mass is 324 g/mol. The van der Waals surface area contributed by atoms with Crippen LogP contribution in [0.25, 0.3) is 0 Å². The second kappa shape index (κ2) is 7.77. The maximum absolute atomic E-state index is 13.9. The van der Waals surface area contributed by atoms with E-state index in [1.807, 2.05) is 0 Å². The number of rotatable bonds is 4. The number of hydrogen-bond donors (Lipinski definition) is 1. The van der Waals surface area contributed by atoms with E-state index >= 15 is 0 Å². The zero-order chi connectivity index (χ0) is 14.7. The first-order valence-corrected chi connectivity index (χ1v) is 6.44. The zero-order valence-corrected chi connectivity index (χ0v) is 12.2. The van der Waals surface area contributed by atoms with Crippen LogP contribution < -0.4 is 5.32 Å². The Bertz CT molecular complexity index is 478. The van der Waals surface area contributed by atoms with Crippen molar-refractivity contribution >= 4 is 12.4 Å². The van der Waals surface area contributed by atoms with Crippen LogP contribution in [0.15, 0.2) is 18.7 Å². The fraction of sp³-hybridized carbons (Fsp3) is 0.429. The molecule has 0 spiro atoms. The molecule has 0 aliphatic carbocycles. The lowest BCUT2D eigenvalue weighted by Gasteiger charge is -2.35. The Balaban J connectivity index is 0.00000220. The molecule has 1 heterocycles. The first-order valence-electron chi connectivity index (χ1n) is 6.44. The summed E-state index contributed by atoms with van der Waals surface area (Å²) in [5.74, 6) is -5.39. The van der Waals surface area contributed by atoms with E-state index in [4.69, 9.17) is 0 Å². The largest absolute Gasteiger partial charge is 0.314 e. The summed E-state index contributed by atoms with van der Waals surface area (Å²) in [6.07, 6.45) is 1.71. The Morgan fingerprint density at radius 2 is 1.67 bits per heavy atom. The van der Waals surface area contributed by atoms with Gasteiger partial charge < -0.3 is 5.32 Å². The molecular weight excluding hydrogens is 308 g/mol. The van der Waals surface area contributed by atoms with Gasteiger partial charge in [-0.2, -0.15) is 0 Å². The Morgan fingerprint density at radius 3 is 2.14 bits per heavy atom. The van der Waals surface area contributed by atoms with E-state index in [2.05, 4.69) is 11.9 Å². The first kappa shape index (κ1) is 17.9. The van der Waals surface area contributed by atoms with E-state index in [1.54, 1.807) is 4.90 Å². The van der Waals surface area contributed by atoms with E-state index in [-0.39, 0.29) is 24.9 Å². The second-order valence-corrected chi connectivity index (χ2v) is 4.71. The molecule has 1 atom stereocenters. The highest BCUT2D eigenvalue weighted by Crippen LogP contribution is 2.32. The van der Waals surface area contributed by atoms with Gasteiger partial charge in [0, 0.05) is 43.9 Å². The molecule has 1 aliphatic heterocycles. The van der Waals surface area contributed by atoms with E-state index < -0.39 is 34.9 Å². The topological polar surface area (TPSA) is 15.3 Å². The second-order valence-electron chi connectivity index (χ2n) is 4.71. The van der Waals surface area contributed by atoms with Crippen molar-refractivity contribution < 1.29 is 17.6 Å². The minimum absolute atomic E-state index is 0. The standard InChI is InChI=1S/C14H16F4N2.ClH/c1-2-3-11(20-6-4-19-5-7-20)12-13(17)9(15)8-10(16)14(12)18;/h2,8,11,19H,1,3-7H2;1H/t11-;/m1./s1. The summed E-state index contributed by atoms with van der Waals surface area (Å²) in [7, 11) is 0. The zero-order valence-electron chi connectivity index (χ0n) is 11.3. The average Bonchev–Trinajstić information content (AvgIpc) is 2.45. The van der Waals surface area contributed by atoms with Gasteiger partial charge in [0.25, 0.3) is 0 Å². The molecule has 1 aromatic rings. The highest BCUT2D eigenvalue weighted by atomic mass is 35.5. The molecular formula is C14H17ClF4N2. The molecule has 0 bridgehead atoms. The van der Waals surface area contributed by atoms with E-state index in [0.29, 0.717) is 26.2 Å². The smallest absolute Gasteiger partial charge is 0.166 e. The first-order chi connectivity index (χ1) is 9.56. The molecule has 1 aromatic carbocycles. The predicted molar refractivity (Wildman–Crippen MR) is 75.5 cm³/mol. The maximum Gasteiger partial charge on any atom is 0.166 e. The van der Waals surface area contributed by atoms with Crippen LogP contribution in [-0.4, -0.2) is 31.1 Å². The lowest BCUT2D eigenvalue weighted by molar-refractivity contribution is 0.166. The van der Waals surface area contributed by atoms with Crippen LogP contribution in [0.4, 0.5) is 17.6 Å². The van der Waals surface area contributed by atoms with Gasteiger partial charge in [-0.25, -0.2) is 17.6 Å².